The van der Waals surface area contributed by atoms with Gasteiger partial charge in [0.05, 0.1) is 18.9 Å². The second-order valence-corrected chi connectivity index (χ2v) is 7.32. The molecule has 2 aliphatic rings. The molecule has 9 heteroatoms. The Morgan fingerprint density at radius 3 is 2.79 bits per heavy atom. The molecule has 1 N–H and O–H groups in total. The highest BCUT2D eigenvalue weighted by atomic mass is 16.5. The summed E-state index contributed by atoms with van der Waals surface area (Å²) in [4.78, 5) is 23.3. The monoisotopic (exact) mass is 395 g/mol. The molecule has 1 aliphatic carbocycles. The number of anilines is 1. The lowest BCUT2D eigenvalue weighted by atomic mass is 10.1. The van der Waals surface area contributed by atoms with Crippen molar-refractivity contribution < 1.29 is 18.5 Å². The third-order valence-corrected chi connectivity index (χ3v) is 5.22. The highest BCUT2D eigenvalue weighted by Gasteiger charge is 2.39. The fourth-order valence-corrected chi connectivity index (χ4v) is 3.51. The summed E-state index contributed by atoms with van der Waals surface area (Å²) >= 11 is 0. The van der Waals surface area contributed by atoms with E-state index >= 15 is 0 Å². The van der Waals surface area contributed by atoms with E-state index < -0.39 is 6.04 Å². The van der Waals surface area contributed by atoms with Crippen molar-refractivity contribution in [2.45, 2.75) is 37.8 Å². The summed E-state index contributed by atoms with van der Waals surface area (Å²) in [5, 5.41) is 7.02. The molecule has 2 fully saturated rings. The van der Waals surface area contributed by atoms with Crippen molar-refractivity contribution in [3.05, 3.63) is 48.4 Å². The molecule has 3 heterocycles. The van der Waals surface area contributed by atoms with E-state index in [2.05, 4.69) is 20.4 Å². The highest BCUT2D eigenvalue weighted by molar-refractivity contribution is 5.90. The van der Waals surface area contributed by atoms with E-state index in [-0.39, 0.29) is 12.1 Å². The minimum atomic E-state index is -0.421. The van der Waals surface area contributed by atoms with E-state index in [9.17, 15) is 4.79 Å². The van der Waals surface area contributed by atoms with Gasteiger partial charge in [0.1, 0.15) is 12.3 Å². The zero-order valence-electron chi connectivity index (χ0n) is 15.9. The summed E-state index contributed by atoms with van der Waals surface area (Å²) < 4.78 is 16.5. The lowest BCUT2D eigenvalue weighted by Crippen LogP contribution is -2.49. The van der Waals surface area contributed by atoms with Gasteiger partial charge in [-0.3, -0.25) is 0 Å². The van der Waals surface area contributed by atoms with Gasteiger partial charge in [-0.2, -0.15) is 4.98 Å². The zero-order chi connectivity index (χ0) is 19.8. The number of amides is 2. The summed E-state index contributed by atoms with van der Waals surface area (Å²) in [6.45, 7) is 2.81. The normalized spacial score (nSPS) is 21.9. The smallest absolute Gasteiger partial charge is 0.322 e. The Balaban J connectivity index is 1.32. The predicted octanol–water partition coefficient (Wildman–Crippen LogP) is 3.60. The maximum absolute atomic E-state index is 13.0. The molecule has 2 atom stereocenters. The molecule has 0 radical (unpaired) electrons. The van der Waals surface area contributed by atoms with Crippen molar-refractivity contribution in [1.82, 2.24) is 20.0 Å². The van der Waals surface area contributed by atoms with Gasteiger partial charge < -0.3 is 23.9 Å². The Morgan fingerprint density at radius 2 is 2.07 bits per heavy atom. The van der Waals surface area contributed by atoms with Crippen LogP contribution in [-0.2, 0) is 4.74 Å². The number of benzene rings is 1. The molecular formula is C20H21N5O4. The number of oxazole rings is 1. The molecule has 150 valence electrons. The third kappa shape index (κ3) is 3.61. The summed E-state index contributed by atoms with van der Waals surface area (Å²) in [6, 6.07) is 6.67. The molecule has 1 saturated carbocycles. The van der Waals surface area contributed by atoms with Crippen LogP contribution in [-0.4, -0.2) is 45.3 Å². The van der Waals surface area contributed by atoms with Gasteiger partial charge in [-0.05, 0) is 44.0 Å². The zero-order valence-corrected chi connectivity index (χ0v) is 15.9. The lowest BCUT2D eigenvalue weighted by Gasteiger charge is -2.37. The number of nitrogens with one attached hydrogen (secondary N) is 1. The van der Waals surface area contributed by atoms with Crippen molar-refractivity contribution in [1.29, 1.82) is 0 Å². The molecule has 0 bridgehead atoms. The Bertz CT molecular complexity index is 981. The van der Waals surface area contributed by atoms with E-state index in [1.165, 1.54) is 6.26 Å². The molecule has 0 spiro atoms. The van der Waals surface area contributed by atoms with Gasteiger partial charge in [0.2, 0.25) is 5.89 Å². The molecule has 29 heavy (non-hydrogen) atoms. The molecule has 2 amide bonds. The maximum Gasteiger partial charge on any atom is 0.322 e. The number of urea groups is 1. The number of carbonyl (C=O) groups is 1. The Labute approximate surface area is 167 Å². The standard InChI is InChI=1S/C20H21N5O4/c1-12-16(19-23-17(24-29-19)13-2-3-13)25(9-11-27-12)20(26)22-15-6-4-14(5-7-15)18-21-8-10-28-18/h4-8,10,12-13,16H,2-3,9,11H2,1H3,(H,22,26)/t12-,16+/m1/s1. The van der Waals surface area contributed by atoms with Crippen LogP contribution in [0.3, 0.4) is 0 Å². The second kappa shape index (κ2) is 7.32. The van der Waals surface area contributed by atoms with Crippen LogP contribution in [0.2, 0.25) is 0 Å². The van der Waals surface area contributed by atoms with Crippen LogP contribution in [0.4, 0.5) is 10.5 Å². The average molecular weight is 395 g/mol. The van der Waals surface area contributed by atoms with E-state index in [1.54, 1.807) is 11.1 Å². The van der Waals surface area contributed by atoms with Crippen LogP contribution in [0, 0.1) is 0 Å². The Morgan fingerprint density at radius 1 is 1.24 bits per heavy atom. The van der Waals surface area contributed by atoms with Crippen molar-refractivity contribution >= 4 is 11.7 Å². The molecular weight excluding hydrogens is 374 g/mol. The van der Waals surface area contributed by atoms with E-state index in [1.807, 2.05) is 31.2 Å². The number of hydrogen-bond acceptors (Lipinski definition) is 7. The molecule has 2 aromatic heterocycles. The van der Waals surface area contributed by atoms with Crippen LogP contribution in [0.25, 0.3) is 11.5 Å². The largest absolute Gasteiger partial charge is 0.445 e. The number of morpholine rings is 1. The molecule has 1 aromatic carbocycles. The summed E-state index contributed by atoms with van der Waals surface area (Å²) in [7, 11) is 0. The van der Waals surface area contributed by atoms with Crippen LogP contribution in [0.5, 0.6) is 0 Å². The molecule has 0 unspecified atom stereocenters. The minimum Gasteiger partial charge on any atom is -0.445 e. The van der Waals surface area contributed by atoms with Gasteiger partial charge in [-0.15, -0.1) is 0 Å². The number of hydrogen-bond donors (Lipinski definition) is 1. The quantitative estimate of drug-likeness (QED) is 0.719. The number of nitrogens with zero attached hydrogens (tertiary/aromatic N) is 4. The number of carbonyl (C=O) groups excluding carboxylic acids is 1. The third-order valence-electron chi connectivity index (χ3n) is 5.22. The molecule has 9 nitrogen and oxygen atoms in total. The van der Waals surface area contributed by atoms with Crippen LogP contribution >= 0.6 is 0 Å². The van der Waals surface area contributed by atoms with Gasteiger partial charge in [0, 0.05) is 23.7 Å². The number of rotatable bonds is 4. The van der Waals surface area contributed by atoms with Gasteiger partial charge in [0.15, 0.2) is 5.82 Å². The van der Waals surface area contributed by atoms with Crippen molar-refractivity contribution in [2.24, 2.45) is 0 Å². The average Bonchev–Trinajstić information content (AvgIpc) is 3.23. The first-order chi connectivity index (χ1) is 14.2. The molecule has 3 aromatic rings. The lowest BCUT2D eigenvalue weighted by molar-refractivity contribution is -0.0525. The van der Waals surface area contributed by atoms with Crippen molar-refractivity contribution in [3.8, 4) is 11.5 Å². The topological polar surface area (TPSA) is 107 Å². The first-order valence-corrected chi connectivity index (χ1v) is 9.71. The number of aromatic nitrogens is 3. The number of ether oxygens (including phenoxy) is 1. The maximum atomic E-state index is 13.0. The summed E-state index contributed by atoms with van der Waals surface area (Å²) in [5.41, 5.74) is 1.51. The van der Waals surface area contributed by atoms with Gasteiger partial charge >= 0.3 is 6.03 Å². The van der Waals surface area contributed by atoms with E-state index in [0.717, 1.165) is 24.2 Å². The summed E-state index contributed by atoms with van der Waals surface area (Å²) in [6.07, 6.45) is 5.05. The Hall–Kier alpha value is -3.20. The van der Waals surface area contributed by atoms with Crippen LogP contribution in [0.15, 0.2) is 45.7 Å². The molecule has 1 saturated heterocycles. The minimum absolute atomic E-state index is 0.236. The molecule has 5 rings (SSSR count). The second-order valence-electron chi connectivity index (χ2n) is 7.32. The highest BCUT2D eigenvalue weighted by Crippen LogP contribution is 2.39. The van der Waals surface area contributed by atoms with Crippen molar-refractivity contribution in [2.75, 3.05) is 18.5 Å². The van der Waals surface area contributed by atoms with Gasteiger partial charge in [-0.1, -0.05) is 5.16 Å². The van der Waals surface area contributed by atoms with Crippen molar-refractivity contribution in [3.63, 3.8) is 0 Å². The van der Waals surface area contributed by atoms with Gasteiger partial charge in [-0.25, -0.2) is 9.78 Å². The van der Waals surface area contributed by atoms with Crippen LogP contribution < -0.4 is 5.32 Å². The SMILES string of the molecule is C[C@H]1OCCN(C(=O)Nc2ccc(-c3ncco3)cc2)[C@@H]1c1nc(C2CC2)no1. The van der Waals surface area contributed by atoms with E-state index in [0.29, 0.717) is 36.5 Å². The fourth-order valence-electron chi connectivity index (χ4n) is 3.51. The Kier molecular flexibility index (Phi) is 4.51. The first kappa shape index (κ1) is 17.9. The fraction of sp³-hybridized carbons (Fsp3) is 0.400. The molecule has 1 aliphatic heterocycles. The first-order valence-electron chi connectivity index (χ1n) is 9.71. The van der Waals surface area contributed by atoms with Gasteiger partial charge in [0.25, 0.3) is 5.89 Å². The summed E-state index contributed by atoms with van der Waals surface area (Å²) in [5.74, 6) is 2.07. The van der Waals surface area contributed by atoms with E-state index in [4.69, 9.17) is 13.7 Å². The predicted molar refractivity (Wildman–Crippen MR) is 102 cm³/mol. The van der Waals surface area contributed by atoms with Crippen LogP contribution in [0.1, 0.15) is 43.4 Å².